The van der Waals surface area contributed by atoms with E-state index < -0.39 is 46.2 Å². The molecule has 0 saturated carbocycles. The monoisotopic (exact) mass is 480 g/mol. The highest BCUT2D eigenvalue weighted by atomic mass is 16.5. The van der Waals surface area contributed by atoms with Crippen molar-refractivity contribution in [2.75, 3.05) is 0 Å². The maximum absolute atomic E-state index is 12.4. The van der Waals surface area contributed by atoms with Gasteiger partial charge in [-0.3, -0.25) is 9.59 Å². The van der Waals surface area contributed by atoms with Crippen LogP contribution in [0.4, 0.5) is 0 Å². The number of phenols is 5. The Labute approximate surface area is 200 Å². The van der Waals surface area contributed by atoms with Crippen molar-refractivity contribution in [3.05, 3.63) is 46.5 Å². The van der Waals surface area contributed by atoms with Gasteiger partial charge >= 0.3 is 0 Å². The van der Waals surface area contributed by atoms with Gasteiger partial charge in [0, 0.05) is 38.9 Å². The van der Waals surface area contributed by atoms with Gasteiger partial charge in [0.05, 0.1) is 5.56 Å². The van der Waals surface area contributed by atoms with Crippen LogP contribution >= 0.6 is 0 Å². The van der Waals surface area contributed by atoms with E-state index in [2.05, 4.69) is 0 Å². The first kappa shape index (κ1) is 23.9. The van der Waals surface area contributed by atoms with E-state index in [-0.39, 0.29) is 50.3 Å². The van der Waals surface area contributed by atoms with Crippen LogP contribution in [-0.2, 0) is 5.60 Å². The Morgan fingerprint density at radius 1 is 0.886 bits per heavy atom. The molecule has 0 fully saturated rings. The quantitative estimate of drug-likeness (QED) is 0.179. The molecule has 0 bridgehead atoms. The first-order valence-corrected chi connectivity index (χ1v) is 10.9. The van der Waals surface area contributed by atoms with E-state index in [1.165, 1.54) is 38.1 Å². The highest BCUT2D eigenvalue weighted by Gasteiger charge is 2.52. The van der Waals surface area contributed by atoms with Gasteiger partial charge in [0.1, 0.15) is 22.8 Å². The van der Waals surface area contributed by atoms with Crippen molar-refractivity contribution in [3.8, 4) is 56.8 Å². The Morgan fingerprint density at radius 2 is 1.46 bits per heavy atom. The van der Waals surface area contributed by atoms with Gasteiger partial charge in [-0.15, -0.1) is 0 Å². The molecule has 9 heteroatoms. The van der Waals surface area contributed by atoms with Gasteiger partial charge in [-0.05, 0) is 38.1 Å². The maximum Gasteiger partial charge on any atom is 0.201 e. The van der Waals surface area contributed by atoms with Crippen LogP contribution in [0, 0.1) is 0 Å². The van der Waals surface area contributed by atoms with E-state index in [1.54, 1.807) is 0 Å². The minimum absolute atomic E-state index is 0.00647. The van der Waals surface area contributed by atoms with E-state index in [0.29, 0.717) is 6.29 Å². The number of phenolic OH excluding ortho intramolecular Hbond substituents is 5. The smallest absolute Gasteiger partial charge is 0.201 e. The molecule has 2 aliphatic rings. The number of rotatable bonds is 2. The van der Waals surface area contributed by atoms with Crippen molar-refractivity contribution in [2.24, 2.45) is 0 Å². The number of fused-ring (bicyclic) bond motifs is 4. The summed E-state index contributed by atoms with van der Waals surface area (Å²) in [6, 6.07) is 5.06. The number of ketones is 1. The Kier molecular flexibility index (Phi) is 5.41. The van der Waals surface area contributed by atoms with Crippen LogP contribution in [0.25, 0.3) is 22.3 Å². The number of aromatic hydroxyl groups is 5. The highest BCUT2D eigenvalue weighted by molar-refractivity contribution is 6.05. The maximum atomic E-state index is 12.4. The third-order valence-corrected chi connectivity index (χ3v) is 6.35. The summed E-state index contributed by atoms with van der Waals surface area (Å²) >= 11 is 0. The average molecular weight is 480 g/mol. The predicted octanol–water partition coefficient (Wildman–Crippen LogP) is 4.24. The van der Waals surface area contributed by atoms with Crippen LogP contribution in [0.5, 0.6) is 34.5 Å². The van der Waals surface area contributed by atoms with Gasteiger partial charge in [-0.25, -0.2) is 0 Å². The average Bonchev–Trinajstić information content (AvgIpc) is 2.83. The van der Waals surface area contributed by atoms with Crippen molar-refractivity contribution in [1.29, 1.82) is 0 Å². The predicted molar refractivity (Wildman–Crippen MR) is 125 cm³/mol. The second-order valence-electron chi connectivity index (χ2n) is 8.28. The molecule has 0 spiro atoms. The summed E-state index contributed by atoms with van der Waals surface area (Å²) in [4.78, 5) is 24.2. The zero-order chi connectivity index (χ0) is 26.0. The van der Waals surface area contributed by atoms with Gasteiger partial charge in [0.2, 0.25) is 5.75 Å². The third-order valence-electron chi connectivity index (χ3n) is 6.35. The number of carbonyl (C=O) groups excluding carboxylic acids is 2. The number of hydrogen-bond donors (Lipinski definition) is 6. The fourth-order valence-electron chi connectivity index (χ4n) is 4.94. The van der Waals surface area contributed by atoms with E-state index in [4.69, 9.17) is 4.74 Å². The normalized spacial score (nSPS) is 18.7. The largest absolute Gasteiger partial charge is 0.507 e. The number of aliphatic hydroxyl groups is 1. The van der Waals surface area contributed by atoms with Crippen molar-refractivity contribution in [3.63, 3.8) is 0 Å². The van der Waals surface area contributed by atoms with Gasteiger partial charge in [-0.1, -0.05) is 13.8 Å². The first-order chi connectivity index (χ1) is 16.5. The summed E-state index contributed by atoms with van der Waals surface area (Å²) in [5.74, 6) is -3.82. The van der Waals surface area contributed by atoms with Crippen LogP contribution < -0.4 is 4.74 Å². The molecule has 3 aromatic carbocycles. The van der Waals surface area contributed by atoms with Crippen LogP contribution in [0.1, 0.15) is 65.6 Å². The van der Waals surface area contributed by atoms with E-state index in [0.717, 1.165) is 0 Å². The second-order valence-corrected chi connectivity index (χ2v) is 8.28. The SMILES string of the molecule is CC.CC(=O)c1ccc(O)c2c1C(C)(O)C1Oc3ccc(O)c(C=O)c3-c3c(O)c(O)c(O)c-2c31. The Hall–Kier alpha value is -4.24. The molecule has 35 heavy (non-hydrogen) atoms. The zero-order valence-corrected chi connectivity index (χ0v) is 19.4. The molecule has 0 radical (unpaired) electrons. The van der Waals surface area contributed by atoms with Crippen LogP contribution in [-0.4, -0.2) is 42.7 Å². The molecule has 182 valence electrons. The molecule has 0 aromatic heterocycles. The molecule has 2 unspecified atom stereocenters. The molecule has 1 aliphatic carbocycles. The van der Waals surface area contributed by atoms with Gasteiger partial charge in [0.25, 0.3) is 0 Å². The minimum Gasteiger partial charge on any atom is -0.507 e. The lowest BCUT2D eigenvalue weighted by molar-refractivity contribution is -0.0584. The summed E-state index contributed by atoms with van der Waals surface area (Å²) in [5, 5.41) is 64.8. The van der Waals surface area contributed by atoms with Crippen molar-refractivity contribution >= 4 is 12.1 Å². The number of aldehydes is 1. The van der Waals surface area contributed by atoms with Gasteiger partial charge < -0.3 is 35.4 Å². The molecule has 1 aliphatic heterocycles. The second kappa shape index (κ2) is 7.92. The minimum atomic E-state index is -1.97. The zero-order valence-electron chi connectivity index (χ0n) is 19.4. The number of hydrogen-bond acceptors (Lipinski definition) is 9. The first-order valence-electron chi connectivity index (χ1n) is 10.9. The standard InChI is InChI=1S/C24H18O9.C2H6/c1-8(26)9-3-4-12(28)15-17-18-16(20(29)22(31)21(17)30)14-10(7-25)11(27)5-6-13(14)33-23(18)24(2,32)19(9)15;1-2/h3-7,23,27-32H,1-2H3;1-2H3. The van der Waals surface area contributed by atoms with Crippen LogP contribution in [0.2, 0.25) is 0 Å². The van der Waals surface area contributed by atoms with Crippen molar-refractivity contribution in [1.82, 2.24) is 0 Å². The fraction of sp³-hybridized carbons (Fsp3) is 0.231. The van der Waals surface area contributed by atoms with E-state index >= 15 is 0 Å². The molecule has 5 rings (SSSR count). The highest BCUT2D eigenvalue weighted by Crippen LogP contribution is 2.65. The number of benzene rings is 3. The molecule has 1 heterocycles. The summed E-state index contributed by atoms with van der Waals surface area (Å²) in [6.07, 6.45) is -0.989. The number of Topliss-reactive ketones (excluding diaryl/α,β-unsaturated/α-hetero) is 1. The van der Waals surface area contributed by atoms with Crippen molar-refractivity contribution in [2.45, 2.75) is 39.4 Å². The van der Waals surface area contributed by atoms with Gasteiger partial charge in [-0.2, -0.15) is 0 Å². The topological polar surface area (TPSA) is 165 Å². The molecule has 0 amide bonds. The summed E-state index contributed by atoms with van der Waals surface area (Å²) in [5.41, 5.74) is -2.76. The summed E-state index contributed by atoms with van der Waals surface area (Å²) in [7, 11) is 0. The lowest BCUT2D eigenvalue weighted by Gasteiger charge is -2.44. The summed E-state index contributed by atoms with van der Waals surface area (Å²) in [6.45, 7) is 6.62. The lowest BCUT2D eigenvalue weighted by Crippen LogP contribution is -2.40. The molecule has 3 aromatic rings. The molecular formula is C26H24O9. The Bertz CT molecular complexity index is 1420. The molecule has 9 nitrogen and oxygen atoms in total. The fourth-order valence-corrected chi connectivity index (χ4v) is 4.94. The molecular weight excluding hydrogens is 456 g/mol. The molecule has 6 N–H and O–H groups in total. The Morgan fingerprint density at radius 3 is 2.03 bits per heavy atom. The van der Waals surface area contributed by atoms with E-state index in [1.807, 2.05) is 13.8 Å². The van der Waals surface area contributed by atoms with Crippen LogP contribution in [0.15, 0.2) is 24.3 Å². The van der Waals surface area contributed by atoms with Crippen LogP contribution in [0.3, 0.4) is 0 Å². The van der Waals surface area contributed by atoms with Gasteiger partial charge in [0.15, 0.2) is 29.7 Å². The number of carbonyl (C=O) groups is 2. The Balaban J connectivity index is 0.00000141. The molecule has 0 saturated heterocycles. The molecule has 2 atom stereocenters. The third kappa shape index (κ3) is 2.98. The summed E-state index contributed by atoms with van der Waals surface area (Å²) < 4.78 is 6.02. The lowest BCUT2D eigenvalue weighted by atomic mass is 9.68. The van der Waals surface area contributed by atoms with E-state index in [9.17, 15) is 40.2 Å². The van der Waals surface area contributed by atoms with Crippen molar-refractivity contribution < 1.29 is 45.0 Å². The number of ether oxygens (including phenoxy) is 1.